The van der Waals surface area contributed by atoms with Crippen LogP contribution in [0.15, 0.2) is 42.5 Å². The fraction of sp³-hybridized carbons (Fsp3) is 0.381. The van der Waals surface area contributed by atoms with Crippen LogP contribution in [0.4, 0.5) is 0 Å². The zero-order chi connectivity index (χ0) is 17.7. The molecule has 3 heteroatoms. The average molecular weight is 325 g/mol. The second kappa shape index (κ2) is 8.00. The lowest BCUT2D eigenvalue weighted by Gasteiger charge is -2.17. The van der Waals surface area contributed by atoms with Crippen molar-refractivity contribution in [3.05, 3.63) is 64.7 Å². The van der Waals surface area contributed by atoms with Gasteiger partial charge in [-0.2, -0.15) is 0 Å². The van der Waals surface area contributed by atoms with Crippen LogP contribution in [0.2, 0.25) is 0 Å². The Kier molecular flexibility index (Phi) is 6.02. The average Bonchev–Trinajstić information content (AvgIpc) is 2.53. The zero-order valence-corrected chi connectivity index (χ0v) is 15.2. The highest BCUT2D eigenvalue weighted by atomic mass is 16.5. The van der Waals surface area contributed by atoms with E-state index in [4.69, 9.17) is 4.74 Å². The maximum absolute atomic E-state index is 12.1. The number of amides is 1. The number of hydrogen-bond acceptors (Lipinski definition) is 2. The molecule has 0 fully saturated rings. The third-order valence-electron chi connectivity index (χ3n) is 4.19. The van der Waals surface area contributed by atoms with E-state index in [1.165, 1.54) is 16.7 Å². The Morgan fingerprint density at radius 3 is 2.29 bits per heavy atom. The van der Waals surface area contributed by atoms with Crippen molar-refractivity contribution < 1.29 is 9.53 Å². The predicted octanol–water partition coefficient (Wildman–Crippen LogP) is 4.68. The lowest BCUT2D eigenvalue weighted by Crippen LogP contribution is -2.31. The molecule has 2 rings (SSSR count). The zero-order valence-electron chi connectivity index (χ0n) is 15.2. The van der Waals surface area contributed by atoms with Crippen LogP contribution in [0.3, 0.4) is 0 Å². The van der Waals surface area contributed by atoms with Crippen LogP contribution in [0.1, 0.15) is 55.0 Å². The van der Waals surface area contributed by atoms with Crippen molar-refractivity contribution in [1.29, 1.82) is 0 Å². The molecule has 24 heavy (non-hydrogen) atoms. The molecular weight excluding hydrogens is 298 g/mol. The van der Waals surface area contributed by atoms with Crippen LogP contribution in [0, 0.1) is 13.8 Å². The highest BCUT2D eigenvalue weighted by Gasteiger charge is 2.12. The topological polar surface area (TPSA) is 38.3 Å². The van der Waals surface area contributed by atoms with Crippen LogP contribution in [0.5, 0.6) is 5.75 Å². The van der Waals surface area contributed by atoms with Gasteiger partial charge in [-0.15, -0.1) is 0 Å². The number of ether oxygens (including phenoxy) is 1. The highest BCUT2D eigenvalue weighted by molar-refractivity contribution is 5.78. The number of benzene rings is 2. The van der Waals surface area contributed by atoms with E-state index in [9.17, 15) is 4.79 Å². The molecule has 0 bridgehead atoms. The van der Waals surface area contributed by atoms with Crippen molar-refractivity contribution in [2.45, 2.75) is 46.6 Å². The van der Waals surface area contributed by atoms with E-state index in [1.807, 2.05) is 31.2 Å². The van der Waals surface area contributed by atoms with E-state index >= 15 is 0 Å². The Morgan fingerprint density at radius 1 is 1.04 bits per heavy atom. The summed E-state index contributed by atoms with van der Waals surface area (Å²) in [6, 6.07) is 14.1. The van der Waals surface area contributed by atoms with Crippen molar-refractivity contribution in [3.8, 4) is 5.75 Å². The summed E-state index contributed by atoms with van der Waals surface area (Å²) < 4.78 is 5.58. The molecule has 0 radical (unpaired) electrons. The van der Waals surface area contributed by atoms with Gasteiger partial charge in [-0.1, -0.05) is 49.7 Å². The molecule has 2 aromatic rings. The second-order valence-electron chi connectivity index (χ2n) is 6.66. The molecule has 0 aliphatic carbocycles. The summed E-state index contributed by atoms with van der Waals surface area (Å²) in [6.45, 7) is 10.5. The summed E-state index contributed by atoms with van der Waals surface area (Å²) in [4.78, 5) is 12.1. The van der Waals surface area contributed by atoms with Gasteiger partial charge in [0.05, 0.1) is 6.04 Å². The van der Waals surface area contributed by atoms with Gasteiger partial charge < -0.3 is 10.1 Å². The van der Waals surface area contributed by atoms with Crippen LogP contribution in [0.25, 0.3) is 0 Å². The molecule has 128 valence electrons. The summed E-state index contributed by atoms with van der Waals surface area (Å²) in [5.41, 5.74) is 4.81. The number of aryl methyl sites for hydroxylation is 2. The minimum atomic E-state index is -0.115. The molecule has 0 heterocycles. The van der Waals surface area contributed by atoms with E-state index in [0.29, 0.717) is 11.7 Å². The molecule has 0 saturated carbocycles. The molecular formula is C21H27NO2. The summed E-state index contributed by atoms with van der Waals surface area (Å²) >= 11 is 0. The van der Waals surface area contributed by atoms with Gasteiger partial charge in [-0.25, -0.2) is 0 Å². The summed E-state index contributed by atoms with van der Waals surface area (Å²) in [5, 5.41) is 2.99. The molecule has 0 aliphatic rings. The van der Waals surface area contributed by atoms with Crippen molar-refractivity contribution in [2.24, 2.45) is 0 Å². The van der Waals surface area contributed by atoms with Gasteiger partial charge in [0.15, 0.2) is 6.61 Å². The molecule has 3 nitrogen and oxygen atoms in total. The third kappa shape index (κ3) is 4.85. The van der Waals surface area contributed by atoms with Crippen molar-refractivity contribution >= 4 is 5.91 Å². The molecule has 0 aromatic heterocycles. The monoisotopic (exact) mass is 325 g/mol. The van der Waals surface area contributed by atoms with Crippen LogP contribution in [-0.2, 0) is 4.79 Å². The highest BCUT2D eigenvalue weighted by Crippen LogP contribution is 2.20. The summed E-state index contributed by atoms with van der Waals surface area (Å²) in [7, 11) is 0. The minimum Gasteiger partial charge on any atom is -0.484 e. The predicted molar refractivity (Wildman–Crippen MR) is 98.5 cm³/mol. The third-order valence-corrected chi connectivity index (χ3v) is 4.19. The summed E-state index contributed by atoms with van der Waals surface area (Å²) in [6.07, 6.45) is 0. The molecule has 0 unspecified atom stereocenters. The van der Waals surface area contributed by atoms with E-state index in [1.54, 1.807) is 0 Å². The van der Waals surface area contributed by atoms with Crippen LogP contribution >= 0.6 is 0 Å². The van der Waals surface area contributed by atoms with E-state index < -0.39 is 0 Å². The van der Waals surface area contributed by atoms with Crippen molar-refractivity contribution in [3.63, 3.8) is 0 Å². The molecule has 1 atom stereocenters. The molecule has 1 N–H and O–H groups in total. The Labute approximate surface area is 145 Å². The number of carbonyl (C=O) groups excluding carboxylic acids is 1. The van der Waals surface area contributed by atoms with Gasteiger partial charge in [0.2, 0.25) is 0 Å². The quantitative estimate of drug-likeness (QED) is 0.837. The fourth-order valence-corrected chi connectivity index (χ4v) is 2.77. The maximum Gasteiger partial charge on any atom is 0.258 e. The molecule has 1 amide bonds. The number of nitrogens with one attached hydrogen (secondary N) is 1. The number of hydrogen-bond donors (Lipinski definition) is 1. The van der Waals surface area contributed by atoms with Gasteiger partial charge in [0.1, 0.15) is 5.75 Å². The van der Waals surface area contributed by atoms with Gasteiger partial charge in [-0.3, -0.25) is 4.79 Å². The van der Waals surface area contributed by atoms with Crippen molar-refractivity contribution in [2.75, 3.05) is 6.61 Å². The Hall–Kier alpha value is -2.29. The first-order valence-corrected chi connectivity index (χ1v) is 8.46. The van der Waals surface area contributed by atoms with Gasteiger partial charge in [0, 0.05) is 0 Å². The summed E-state index contributed by atoms with van der Waals surface area (Å²) in [5.74, 6) is 1.09. The molecule has 0 aliphatic heterocycles. The lowest BCUT2D eigenvalue weighted by atomic mass is 10.0. The first-order valence-electron chi connectivity index (χ1n) is 8.46. The Balaban J connectivity index is 1.88. The largest absolute Gasteiger partial charge is 0.484 e. The van der Waals surface area contributed by atoms with Crippen molar-refractivity contribution in [1.82, 2.24) is 5.32 Å². The first kappa shape index (κ1) is 18.1. The smallest absolute Gasteiger partial charge is 0.258 e. The van der Waals surface area contributed by atoms with Gasteiger partial charge in [-0.05, 0) is 55.5 Å². The van der Waals surface area contributed by atoms with Gasteiger partial charge in [0.25, 0.3) is 5.91 Å². The van der Waals surface area contributed by atoms with Crippen LogP contribution < -0.4 is 10.1 Å². The second-order valence-corrected chi connectivity index (χ2v) is 6.66. The van der Waals surface area contributed by atoms with E-state index in [0.717, 1.165) is 5.56 Å². The molecule has 2 aromatic carbocycles. The van der Waals surface area contributed by atoms with E-state index in [-0.39, 0.29) is 18.6 Å². The van der Waals surface area contributed by atoms with Gasteiger partial charge >= 0.3 is 0 Å². The van der Waals surface area contributed by atoms with E-state index in [2.05, 4.69) is 51.2 Å². The number of carbonyl (C=O) groups is 1. The first-order chi connectivity index (χ1) is 11.4. The lowest BCUT2D eigenvalue weighted by molar-refractivity contribution is -0.123. The maximum atomic E-state index is 12.1. The molecule has 0 spiro atoms. The standard InChI is InChI=1S/C21H27NO2/c1-14(2)18-7-9-19(10-8-18)24-13-21(23)22-17(5)20-11-6-15(3)12-16(20)4/h6-12,14,17H,13H2,1-5H3,(H,22,23)/t17-/m0/s1. The SMILES string of the molecule is Cc1ccc([C@H](C)NC(=O)COc2ccc(C(C)C)cc2)c(C)c1. The fourth-order valence-electron chi connectivity index (χ4n) is 2.77. The van der Waals surface area contributed by atoms with Crippen LogP contribution in [-0.4, -0.2) is 12.5 Å². The Morgan fingerprint density at radius 2 is 1.71 bits per heavy atom. The number of rotatable bonds is 6. The minimum absolute atomic E-state index is 0.0241. The Bertz CT molecular complexity index is 689. The normalized spacial score (nSPS) is 12.1. The molecule has 0 saturated heterocycles.